The summed E-state index contributed by atoms with van der Waals surface area (Å²) >= 11 is 0. The highest BCUT2D eigenvalue weighted by molar-refractivity contribution is 5.89. The highest BCUT2D eigenvalue weighted by Crippen LogP contribution is 2.24. The second-order valence-corrected chi connectivity index (χ2v) is 4.57. The van der Waals surface area contributed by atoms with Crippen LogP contribution in [-0.2, 0) is 11.2 Å². The molecule has 0 aliphatic heterocycles. The maximum absolute atomic E-state index is 10.9. The second kappa shape index (κ2) is 6.23. The van der Waals surface area contributed by atoms with Gasteiger partial charge in [0.25, 0.3) is 0 Å². The van der Waals surface area contributed by atoms with Crippen LogP contribution >= 0.6 is 0 Å². The fraction of sp³-hybridized carbons (Fsp3) is 0.312. The van der Waals surface area contributed by atoms with E-state index < -0.39 is 5.97 Å². The molecule has 1 N–H and O–H groups in total. The summed E-state index contributed by atoms with van der Waals surface area (Å²) in [5.74, 6) is -0.0106. The minimum atomic E-state index is -0.815. The van der Waals surface area contributed by atoms with Crippen LogP contribution in [0.5, 0.6) is 5.75 Å². The van der Waals surface area contributed by atoms with Gasteiger partial charge in [0.2, 0.25) is 0 Å². The monoisotopic (exact) mass is 258 g/mol. The van der Waals surface area contributed by atoms with Crippen molar-refractivity contribution >= 4 is 16.7 Å². The molecule has 0 unspecified atom stereocenters. The first-order valence-corrected chi connectivity index (χ1v) is 6.57. The van der Waals surface area contributed by atoms with Crippen LogP contribution in [0.15, 0.2) is 36.4 Å². The first-order valence-electron chi connectivity index (χ1n) is 6.57. The summed E-state index contributed by atoms with van der Waals surface area (Å²) in [5, 5.41) is 10.9. The molecule has 0 saturated heterocycles. The first-order chi connectivity index (χ1) is 9.20. The third kappa shape index (κ3) is 3.47. The molecular weight excluding hydrogens is 240 g/mol. The Morgan fingerprint density at radius 1 is 1.26 bits per heavy atom. The zero-order valence-corrected chi connectivity index (χ0v) is 11.1. The van der Waals surface area contributed by atoms with E-state index in [1.54, 1.807) is 0 Å². The molecule has 3 nitrogen and oxygen atoms in total. The molecule has 100 valence electrons. The van der Waals surface area contributed by atoms with Gasteiger partial charge in [0.15, 0.2) is 0 Å². The molecule has 0 heterocycles. The Kier molecular flexibility index (Phi) is 4.39. The summed E-state index contributed by atoms with van der Waals surface area (Å²) in [4.78, 5) is 10.9. The number of rotatable bonds is 6. The summed E-state index contributed by atoms with van der Waals surface area (Å²) in [6.07, 6.45) is 2.16. The Bertz CT molecular complexity index is 575. The topological polar surface area (TPSA) is 46.5 Å². The molecule has 3 heteroatoms. The van der Waals surface area contributed by atoms with Crippen LogP contribution < -0.4 is 4.74 Å². The average Bonchev–Trinajstić information content (AvgIpc) is 2.39. The predicted molar refractivity (Wildman–Crippen MR) is 75.7 cm³/mol. The van der Waals surface area contributed by atoms with Crippen LogP contribution in [-0.4, -0.2) is 17.7 Å². The number of carboxylic acid groups (broad SMARTS) is 1. The van der Waals surface area contributed by atoms with Crippen molar-refractivity contribution in [3.63, 3.8) is 0 Å². The summed E-state index contributed by atoms with van der Waals surface area (Å²) in [5.41, 5.74) is 0.825. The summed E-state index contributed by atoms with van der Waals surface area (Å²) < 4.78 is 5.67. The normalized spacial score (nSPS) is 10.6. The van der Waals surface area contributed by atoms with Crippen LogP contribution in [0.1, 0.15) is 25.3 Å². The van der Waals surface area contributed by atoms with Crippen molar-refractivity contribution in [1.82, 2.24) is 0 Å². The number of hydrogen-bond acceptors (Lipinski definition) is 2. The van der Waals surface area contributed by atoms with E-state index >= 15 is 0 Å². The molecule has 0 atom stereocenters. The van der Waals surface area contributed by atoms with Crippen molar-refractivity contribution in [2.24, 2.45) is 0 Å². The van der Waals surface area contributed by atoms with Gasteiger partial charge in [0.05, 0.1) is 13.0 Å². The van der Waals surface area contributed by atoms with Crippen LogP contribution in [0.2, 0.25) is 0 Å². The van der Waals surface area contributed by atoms with Crippen molar-refractivity contribution in [3.05, 3.63) is 42.0 Å². The lowest BCUT2D eigenvalue weighted by atomic mass is 10.0. The fourth-order valence-corrected chi connectivity index (χ4v) is 2.06. The number of benzene rings is 2. The van der Waals surface area contributed by atoms with Gasteiger partial charge >= 0.3 is 5.97 Å². The Hall–Kier alpha value is -2.03. The molecular formula is C16H18O3. The standard InChI is InChI=1S/C16H18O3/c1-2-3-9-19-14-8-7-12-5-4-6-13(10-16(17)18)15(12)11-14/h4-8,11H,2-3,9-10H2,1H3,(H,17,18). The van der Waals surface area contributed by atoms with Gasteiger partial charge < -0.3 is 9.84 Å². The Labute approximate surface area is 112 Å². The molecule has 0 fully saturated rings. The Morgan fingerprint density at radius 2 is 2.11 bits per heavy atom. The van der Waals surface area contributed by atoms with Crippen LogP contribution in [0.3, 0.4) is 0 Å². The van der Waals surface area contributed by atoms with Gasteiger partial charge in [0, 0.05) is 0 Å². The quantitative estimate of drug-likeness (QED) is 0.804. The molecule has 19 heavy (non-hydrogen) atoms. The summed E-state index contributed by atoms with van der Waals surface area (Å²) in [6.45, 7) is 2.82. The smallest absolute Gasteiger partial charge is 0.307 e. The van der Waals surface area contributed by atoms with Crippen molar-refractivity contribution in [2.45, 2.75) is 26.2 Å². The van der Waals surface area contributed by atoms with Crippen molar-refractivity contribution < 1.29 is 14.6 Å². The van der Waals surface area contributed by atoms with Crippen LogP contribution in [0, 0.1) is 0 Å². The van der Waals surface area contributed by atoms with Crippen molar-refractivity contribution in [3.8, 4) is 5.75 Å². The number of carboxylic acids is 1. The number of fused-ring (bicyclic) bond motifs is 1. The zero-order valence-electron chi connectivity index (χ0n) is 11.1. The second-order valence-electron chi connectivity index (χ2n) is 4.57. The molecule has 2 rings (SSSR count). The van der Waals surface area contributed by atoms with Gasteiger partial charge in [0.1, 0.15) is 5.75 Å². The third-order valence-corrected chi connectivity index (χ3v) is 3.05. The van der Waals surface area contributed by atoms with Gasteiger partial charge in [-0.05, 0) is 34.9 Å². The molecule has 0 aliphatic carbocycles. The maximum Gasteiger partial charge on any atom is 0.307 e. The van der Waals surface area contributed by atoms with Crippen molar-refractivity contribution in [2.75, 3.05) is 6.61 Å². The van der Waals surface area contributed by atoms with Crippen LogP contribution in [0.25, 0.3) is 10.8 Å². The zero-order chi connectivity index (χ0) is 13.7. The lowest BCUT2D eigenvalue weighted by molar-refractivity contribution is -0.136. The predicted octanol–water partition coefficient (Wildman–Crippen LogP) is 3.65. The van der Waals surface area contributed by atoms with E-state index in [1.165, 1.54) is 0 Å². The van der Waals surface area contributed by atoms with Gasteiger partial charge in [-0.1, -0.05) is 37.6 Å². The van der Waals surface area contributed by atoms with Gasteiger partial charge in [-0.2, -0.15) is 0 Å². The number of ether oxygens (including phenoxy) is 1. The highest BCUT2D eigenvalue weighted by Gasteiger charge is 2.06. The molecule has 0 spiro atoms. The molecule has 0 aliphatic rings. The van der Waals surface area contributed by atoms with E-state index in [4.69, 9.17) is 9.84 Å². The lowest BCUT2D eigenvalue weighted by Gasteiger charge is -2.09. The minimum absolute atomic E-state index is 0.0375. The molecule has 2 aromatic carbocycles. The average molecular weight is 258 g/mol. The van der Waals surface area contributed by atoms with Crippen molar-refractivity contribution in [1.29, 1.82) is 0 Å². The number of aliphatic carboxylic acids is 1. The van der Waals surface area contributed by atoms with Gasteiger partial charge in [-0.15, -0.1) is 0 Å². The molecule has 0 bridgehead atoms. The third-order valence-electron chi connectivity index (χ3n) is 3.05. The minimum Gasteiger partial charge on any atom is -0.494 e. The Morgan fingerprint density at radius 3 is 2.84 bits per heavy atom. The number of hydrogen-bond donors (Lipinski definition) is 1. The maximum atomic E-state index is 10.9. The van der Waals surface area contributed by atoms with E-state index in [9.17, 15) is 4.79 Å². The van der Waals surface area contributed by atoms with E-state index in [0.29, 0.717) is 6.61 Å². The Balaban J connectivity index is 2.30. The van der Waals surface area contributed by atoms with Gasteiger partial charge in [-0.3, -0.25) is 4.79 Å². The van der Waals surface area contributed by atoms with Crippen LogP contribution in [0.4, 0.5) is 0 Å². The largest absolute Gasteiger partial charge is 0.494 e. The summed E-state index contributed by atoms with van der Waals surface area (Å²) in [7, 11) is 0. The highest BCUT2D eigenvalue weighted by atomic mass is 16.5. The lowest BCUT2D eigenvalue weighted by Crippen LogP contribution is -2.01. The first kappa shape index (κ1) is 13.4. The molecule has 2 aromatic rings. The number of carbonyl (C=O) groups is 1. The molecule has 0 aromatic heterocycles. The molecule has 0 amide bonds. The fourth-order valence-electron chi connectivity index (χ4n) is 2.06. The van der Waals surface area contributed by atoms with E-state index in [1.807, 2.05) is 36.4 Å². The van der Waals surface area contributed by atoms with E-state index in [0.717, 1.165) is 34.9 Å². The van der Waals surface area contributed by atoms with Gasteiger partial charge in [-0.25, -0.2) is 0 Å². The molecule has 0 radical (unpaired) electrons. The van der Waals surface area contributed by atoms with E-state index in [-0.39, 0.29) is 6.42 Å². The SMILES string of the molecule is CCCCOc1ccc2cccc(CC(=O)O)c2c1. The van der Waals surface area contributed by atoms with E-state index in [2.05, 4.69) is 6.92 Å². The number of unbranched alkanes of at least 4 members (excludes halogenated alkanes) is 1. The molecule has 0 saturated carbocycles. The summed E-state index contributed by atoms with van der Waals surface area (Å²) in [6, 6.07) is 11.6.